The third-order valence-corrected chi connectivity index (χ3v) is 20.0. The SMILES string of the molecule is CS/C(=C\C(=O)c1ccc(C)cc1)Nc1ccc(NS(=O)(=O)c2ccc(F)cc2)cc1.CSC(=CC(=O)c1ccc(C)cc1)SC.Cc1ccc(-c2cc(Nc3ccc(NS(=O)(=O)c4ccc(F)cc4)cc3)n[nH]2)cc1.Nc1ccc(NS(=O)(=O)c2ccc(F)cc2)cc1. The number of sulfonamides is 3. The van der Waals surface area contributed by atoms with Crippen LogP contribution in [0.15, 0.2) is 261 Å². The molecular weight excluding hydrogens is 1320 g/mol. The Balaban J connectivity index is 0.000000185. The fraction of sp³-hybridized carbons (Fsp3) is 0.0870. The first-order chi connectivity index (χ1) is 44.8. The van der Waals surface area contributed by atoms with Crippen LogP contribution < -0.4 is 30.5 Å². The van der Waals surface area contributed by atoms with Crippen molar-refractivity contribution in [2.75, 3.05) is 49.3 Å². The van der Waals surface area contributed by atoms with E-state index in [0.717, 1.165) is 68.7 Å². The molecule has 0 aliphatic heterocycles. The van der Waals surface area contributed by atoms with Gasteiger partial charge in [0, 0.05) is 67.7 Å². The molecule has 8 N–H and O–H groups in total. The molecular formula is C69H65F3N8O8S6. The monoisotopic (exact) mass is 1380 g/mol. The molecule has 1 heterocycles. The summed E-state index contributed by atoms with van der Waals surface area (Å²) in [6.07, 6.45) is 9.03. The summed E-state index contributed by atoms with van der Waals surface area (Å²) in [5.41, 5.74) is 15.4. The molecule has 10 aromatic rings. The number of carbonyl (C=O) groups is 2. The molecule has 9 aromatic carbocycles. The number of nitrogens with one attached hydrogen (secondary N) is 6. The maximum atomic E-state index is 13.0. The van der Waals surface area contributed by atoms with Crippen LogP contribution in [0.5, 0.6) is 0 Å². The molecule has 25 heteroatoms. The molecule has 0 bridgehead atoms. The molecule has 0 radical (unpaired) electrons. The van der Waals surface area contributed by atoms with Crippen molar-refractivity contribution in [2.45, 2.75) is 35.5 Å². The highest BCUT2D eigenvalue weighted by Gasteiger charge is 2.18. The molecule has 486 valence electrons. The van der Waals surface area contributed by atoms with Crippen LogP contribution in [0.3, 0.4) is 0 Å². The van der Waals surface area contributed by atoms with Gasteiger partial charge in [-0.25, -0.2) is 38.4 Å². The minimum atomic E-state index is -3.82. The summed E-state index contributed by atoms with van der Waals surface area (Å²) in [5.74, 6) is -0.873. The number of thioether (sulfide) groups is 3. The Kier molecular flexibility index (Phi) is 25.9. The first-order valence-corrected chi connectivity index (χ1v) is 36.3. The number of carbonyl (C=O) groups excluding carboxylic acids is 2. The number of hydrogen-bond acceptors (Lipinski definition) is 15. The maximum absolute atomic E-state index is 13.0. The van der Waals surface area contributed by atoms with E-state index in [9.17, 15) is 48.0 Å². The van der Waals surface area contributed by atoms with Gasteiger partial charge in [-0.2, -0.15) is 5.10 Å². The molecule has 0 fully saturated rings. The lowest BCUT2D eigenvalue weighted by molar-refractivity contribution is 0.103. The number of allylic oxidation sites excluding steroid dienone is 2. The van der Waals surface area contributed by atoms with Gasteiger partial charge in [0.15, 0.2) is 17.4 Å². The second-order valence-electron chi connectivity index (χ2n) is 20.3. The Hall–Kier alpha value is -9.50. The number of hydrogen-bond donors (Lipinski definition) is 7. The number of nitrogens with zero attached hydrogens (tertiary/aromatic N) is 1. The lowest BCUT2D eigenvalue weighted by Crippen LogP contribution is -2.12. The van der Waals surface area contributed by atoms with E-state index >= 15 is 0 Å². The zero-order valence-electron chi connectivity index (χ0n) is 51.4. The Morgan fingerprint density at radius 3 is 1.15 bits per heavy atom. The number of anilines is 7. The van der Waals surface area contributed by atoms with Gasteiger partial charge in [0.2, 0.25) is 0 Å². The lowest BCUT2D eigenvalue weighted by Gasteiger charge is -2.11. The normalized spacial score (nSPS) is 11.2. The fourth-order valence-corrected chi connectivity index (χ4v) is 12.7. The van der Waals surface area contributed by atoms with E-state index in [4.69, 9.17) is 5.73 Å². The van der Waals surface area contributed by atoms with Gasteiger partial charge in [0.25, 0.3) is 30.1 Å². The molecule has 0 atom stereocenters. The molecule has 16 nitrogen and oxygen atoms in total. The molecule has 10 rings (SSSR count). The van der Waals surface area contributed by atoms with Crippen molar-refractivity contribution >= 4 is 117 Å². The van der Waals surface area contributed by atoms with Crippen LogP contribution in [0, 0.1) is 38.2 Å². The number of benzene rings is 9. The van der Waals surface area contributed by atoms with E-state index in [1.807, 2.05) is 106 Å². The number of nitrogen functional groups attached to an aromatic ring is 1. The van der Waals surface area contributed by atoms with Crippen molar-refractivity contribution in [1.82, 2.24) is 10.2 Å². The first kappa shape index (κ1) is 71.9. The number of rotatable bonds is 21. The van der Waals surface area contributed by atoms with Crippen LogP contribution in [-0.4, -0.2) is 65.8 Å². The van der Waals surface area contributed by atoms with Gasteiger partial charge in [-0.1, -0.05) is 89.5 Å². The average molecular weight is 1380 g/mol. The van der Waals surface area contributed by atoms with Crippen molar-refractivity contribution in [3.63, 3.8) is 0 Å². The summed E-state index contributed by atoms with van der Waals surface area (Å²) in [6.45, 7) is 6.01. The van der Waals surface area contributed by atoms with E-state index < -0.39 is 47.5 Å². The number of halogens is 3. The zero-order chi connectivity index (χ0) is 68.0. The van der Waals surface area contributed by atoms with Gasteiger partial charge in [-0.05, 0) is 191 Å². The number of aromatic amines is 1. The Morgan fingerprint density at radius 1 is 0.436 bits per heavy atom. The summed E-state index contributed by atoms with van der Waals surface area (Å²) >= 11 is 4.59. The van der Waals surface area contributed by atoms with Gasteiger partial charge in [0.1, 0.15) is 17.5 Å². The summed E-state index contributed by atoms with van der Waals surface area (Å²) < 4.78 is 121. The topological polar surface area (TPSA) is 251 Å². The zero-order valence-corrected chi connectivity index (χ0v) is 56.3. The van der Waals surface area contributed by atoms with Crippen molar-refractivity contribution < 1.29 is 48.0 Å². The fourth-order valence-electron chi connectivity index (χ4n) is 8.01. The minimum Gasteiger partial charge on any atom is -0.399 e. The Labute approximate surface area is 558 Å². The van der Waals surface area contributed by atoms with Gasteiger partial charge in [0.05, 0.1) is 25.4 Å². The van der Waals surface area contributed by atoms with Gasteiger partial charge < -0.3 is 16.4 Å². The van der Waals surface area contributed by atoms with E-state index in [1.165, 1.54) is 65.4 Å². The molecule has 1 aromatic heterocycles. The summed E-state index contributed by atoms with van der Waals surface area (Å²) in [5, 5.41) is 14.2. The molecule has 0 aliphatic carbocycles. The number of aromatic nitrogens is 2. The predicted molar refractivity (Wildman–Crippen MR) is 379 cm³/mol. The number of H-pyrrole nitrogens is 1. The second-order valence-corrected chi connectivity index (χ2v) is 28.1. The van der Waals surface area contributed by atoms with Crippen molar-refractivity contribution in [2.24, 2.45) is 0 Å². The molecule has 0 saturated heterocycles. The highest BCUT2D eigenvalue weighted by atomic mass is 32.2. The Morgan fingerprint density at radius 2 is 0.777 bits per heavy atom. The molecule has 0 amide bonds. The largest absolute Gasteiger partial charge is 0.399 e. The minimum absolute atomic E-state index is 0.000671. The third-order valence-electron chi connectivity index (χ3n) is 13.1. The lowest BCUT2D eigenvalue weighted by atomic mass is 10.1. The molecule has 94 heavy (non-hydrogen) atoms. The summed E-state index contributed by atoms with van der Waals surface area (Å²) in [4.78, 5) is 24.2. The van der Waals surface area contributed by atoms with Crippen LogP contribution in [0.2, 0.25) is 0 Å². The van der Waals surface area contributed by atoms with Crippen LogP contribution in [0.1, 0.15) is 37.4 Å². The predicted octanol–water partition coefficient (Wildman–Crippen LogP) is 16.5. The van der Waals surface area contributed by atoms with E-state index in [2.05, 4.69) is 35.0 Å². The smallest absolute Gasteiger partial charge is 0.261 e. The van der Waals surface area contributed by atoms with E-state index in [1.54, 1.807) is 115 Å². The third kappa shape index (κ3) is 22.4. The van der Waals surface area contributed by atoms with Crippen LogP contribution in [0.4, 0.5) is 53.1 Å². The first-order valence-electron chi connectivity index (χ1n) is 28.1. The molecule has 0 spiro atoms. The average Bonchev–Trinajstić information content (AvgIpc) is 1.15. The van der Waals surface area contributed by atoms with Gasteiger partial charge in [-0.3, -0.25) is 28.9 Å². The van der Waals surface area contributed by atoms with Crippen molar-refractivity contribution in [3.05, 3.63) is 291 Å². The second kappa shape index (κ2) is 33.9. The molecule has 0 saturated carbocycles. The van der Waals surface area contributed by atoms with Crippen molar-refractivity contribution in [1.29, 1.82) is 0 Å². The highest BCUT2D eigenvalue weighted by Crippen LogP contribution is 2.28. The van der Waals surface area contributed by atoms with Crippen LogP contribution in [0.25, 0.3) is 11.3 Å². The van der Waals surface area contributed by atoms with Crippen LogP contribution in [-0.2, 0) is 30.1 Å². The highest BCUT2D eigenvalue weighted by molar-refractivity contribution is 8.21. The summed E-state index contributed by atoms with van der Waals surface area (Å²) in [6, 6.07) is 58.5. The van der Waals surface area contributed by atoms with E-state index in [-0.39, 0.29) is 26.3 Å². The van der Waals surface area contributed by atoms with Crippen LogP contribution >= 0.6 is 35.3 Å². The van der Waals surface area contributed by atoms with Crippen molar-refractivity contribution in [3.8, 4) is 11.3 Å². The number of nitrogens with two attached hydrogens (primary N) is 1. The van der Waals surface area contributed by atoms with Gasteiger partial charge in [-0.15, -0.1) is 35.3 Å². The standard InChI is InChI=1S/C23H21FN2O3S2.C22H19FN4O2S.C12H11FN2O2S.C12H14OS2/c1-16-3-5-17(6-4-16)22(27)15-23(30-2)25-19-9-11-20(12-10-19)26-31(28,29)21-13-7-18(24)8-14-21;1-15-2-4-16(5-3-15)21-14-22(26-25-21)24-18-8-10-19(11-9-18)27-30(28,29)20-12-6-17(23)7-13-20;13-9-1-7-12(8-2-9)18(16,17)15-11-5-3-10(14)4-6-11;1-9-4-6-10(7-5-9)11(13)8-12(14-2)15-3/h3-15,25-26H,1-2H3;2-14,27H,1H3,(H2,24,25,26);1-8,15H,14H2;4-8H,1-3H3/b23-15-;;;. The van der Waals surface area contributed by atoms with Gasteiger partial charge >= 0.3 is 0 Å². The Bertz CT molecular complexity index is 4570. The number of ketones is 2. The molecule has 0 aliphatic rings. The quantitative estimate of drug-likeness (QED) is 0.0201. The maximum Gasteiger partial charge on any atom is 0.261 e. The number of aryl methyl sites for hydroxylation is 3. The molecule has 0 unspecified atom stereocenters. The summed E-state index contributed by atoms with van der Waals surface area (Å²) in [7, 11) is -11.3. The van der Waals surface area contributed by atoms with E-state index in [0.29, 0.717) is 44.8 Å².